The van der Waals surface area contributed by atoms with Crippen LogP contribution in [0.25, 0.3) is 0 Å². The quantitative estimate of drug-likeness (QED) is 0.506. The normalized spacial score (nSPS) is 0. The van der Waals surface area contributed by atoms with Crippen molar-refractivity contribution in [2.45, 2.75) is 0 Å². The van der Waals surface area contributed by atoms with Crippen molar-refractivity contribution in [3.05, 3.63) is 0 Å². The van der Waals surface area contributed by atoms with E-state index in [9.17, 15) is 0 Å². The van der Waals surface area contributed by atoms with Crippen LogP contribution in [0.15, 0.2) is 0 Å². The summed E-state index contributed by atoms with van der Waals surface area (Å²) in [6.07, 6.45) is 0. The van der Waals surface area contributed by atoms with Gasteiger partial charge in [-0.1, -0.05) is 0 Å². The van der Waals surface area contributed by atoms with E-state index in [0.717, 1.165) is 0 Å². The van der Waals surface area contributed by atoms with Gasteiger partial charge in [-0.2, -0.15) is 13.5 Å². The molecule has 0 atom stereocenters. The molecule has 0 saturated heterocycles. The van der Waals surface area contributed by atoms with Crippen molar-refractivity contribution in [2.24, 2.45) is 0 Å². The molecule has 0 aromatic heterocycles. The summed E-state index contributed by atoms with van der Waals surface area (Å²) in [7, 11) is 0. The zero-order valence-corrected chi connectivity index (χ0v) is 7.98. The van der Waals surface area contributed by atoms with Gasteiger partial charge in [-0.3, -0.25) is 0 Å². The third-order valence-electron chi connectivity index (χ3n) is 0. The second-order valence-corrected chi connectivity index (χ2v) is 0. The molecule has 0 aliphatic rings. The first-order valence-corrected chi connectivity index (χ1v) is 0. The molecular weight excluding hydrogens is 216 g/mol. The van der Waals surface area contributed by atoms with Gasteiger partial charge in [0.25, 0.3) is 0 Å². The van der Waals surface area contributed by atoms with Crippen molar-refractivity contribution >= 4 is 13.5 Å². The minimum absolute atomic E-state index is 0. The Labute approximate surface area is 66.6 Å². The summed E-state index contributed by atoms with van der Waals surface area (Å²) in [6.45, 7) is 0. The fourth-order valence-corrected chi connectivity index (χ4v) is 0. The SMILES string of the molecule is S.[Cu].[Mn].[Zn]. The van der Waals surface area contributed by atoms with Crippen molar-refractivity contribution in [1.82, 2.24) is 0 Å². The second kappa shape index (κ2) is 19.9. The molecule has 0 aliphatic carbocycles. The van der Waals surface area contributed by atoms with Gasteiger partial charge in [-0.25, -0.2) is 0 Å². The van der Waals surface area contributed by atoms with Crippen molar-refractivity contribution < 1.29 is 53.6 Å². The Bertz CT molecular complexity index is 8.00. The molecule has 0 aliphatic heterocycles. The predicted octanol–water partition coefficient (Wildman–Crippen LogP) is 0.105. The molecule has 0 heterocycles. The van der Waals surface area contributed by atoms with Gasteiger partial charge in [0.05, 0.1) is 0 Å². The van der Waals surface area contributed by atoms with E-state index in [2.05, 4.69) is 0 Å². The Morgan fingerprint density at radius 1 is 1.00 bits per heavy atom. The van der Waals surface area contributed by atoms with Crippen LogP contribution in [0.3, 0.4) is 0 Å². The third kappa shape index (κ3) is 8.99. The molecule has 0 aromatic rings. The Morgan fingerprint density at radius 2 is 1.00 bits per heavy atom. The maximum absolute atomic E-state index is 0. The van der Waals surface area contributed by atoms with Crippen LogP contribution in [-0.4, -0.2) is 0 Å². The summed E-state index contributed by atoms with van der Waals surface area (Å²) in [5.74, 6) is 0. The van der Waals surface area contributed by atoms with E-state index in [4.69, 9.17) is 0 Å². The van der Waals surface area contributed by atoms with Gasteiger partial charge < -0.3 is 0 Å². The summed E-state index contributed by atoms with van der Waals surface area (Å²) >= 11 is 0. The third-order valence-corrected chi connectivity index (χ3v) is 0. The van der Waals surface area contributed by atoms with E-state index in [-0.39, 0.29) is 67.1 Å². The maximum Gasteiger partial charge on any atom is 0 e. The van der Waals surface area contributed by atoms with E-state index in [1.54, 1.807) is 0 Å². The topological polar surface area (TPSA) is 0 Å². The van der Waals surface area contributed by atoms with E-state index in [1.807, 2.05) is 0 Å². The minimum Gasteiger partial charge on any atom is -0.197 e. The number of hydrogen-bond acceptors (Lipinski definition) is 0. The molecule has 4 heteroatoms. The first-order chi connectivity index (χ1) is 0. The molecule has 0 saturated carbocycles. The van der Waals surface area contributed by atoms with Crippen molar-refractivity contribution in [1.29, 1.82) is 0 Å². The first-order valence-electron chi connectivity index (χ1n) is 0. The van der Waals surface area contributed by atoms with Crippen molar-refractivity contribution in [2.75, 3.05) is 0 Å². The van der Waals surface area contributed by atoms with Gasteiger partial charge in [0.1, 0.15) is 0 Å². The fourth-order valence-electron chi connectivity index (χ4n) is 0. The molecule has 0 bridgehead atoms. The molecule has 0 spiro atoms. The number of hydrogen-bond donors (Lipinski definition) is 0. The Morgan fingerprint density at radius 3 is 1.00 bits per heavy atom. The maximum atomic E-state index is 0. The molecule has 0 aromatic carbocycles. The molecule has 4 heavy (non-hydrogen) atoms. The molecule has 28 valence electrons. The van der Waals surface area contributed by atoms with Crippen LogP contribution in [0.5, 0.6) is 0 Å². The van der Waals surface area contributed by atoms with Crippen molar-refractivity contribution in [3.63, 3.8) is 0 Å². The van der Waals surface area contributed by atoms with Gasteiger partial charge in [0.2, 0.25) is 0 Å². The van der Waals surface area contributed by atoms with Crippen LogP contribution in [-0.2, 0) is 53.6 Å². The molecule has 0 nitrogen and oxygen atoms in total. The number of rotatable bonds is 0. The molecule has 0 rings (SSSR count). The molecule has 0 fully saturated rings. The summed E-state index contributed by atoms with van der Waals surface area (Å²) in [6, 6.07) is 0. The van der Waals surface area contributed by atoms with Crippen LogP contribution in [0.4, 0.5) is 0 Å². The zero-order valence-electron chi connectivity index (χ0n) is 1.89. The van der Waals surface area contributed by atoms with Crippen LogP contribution in [0, 0.1) is 0 Å². The van der Waals surface area contributed by atoms with Crippen molar-refractivity contribution in [3.8, 4) is 0 Å². The average Bonchev–Trinajstić information content (AvgIpc) is 0. The van der Waals surface area contributed by atoms with Gasteiger partial charge in [0.15, 0.2) is 0 Å². The summed E-state index contributed by atoms with van der Waals surface area (Å²) in [5.41, 5.74) is 0. The Balaban J connectivity index is 0. The smallest absolute Gasteiger partial charge is 0 e. The summed E-state index contributed by atoms with van der Waals surface area (Å²) in [5, 5.41) is 0. The van der Waals surface area contributed by atoms with E-state index in [1.165, 1.54) is 0 Å². The van der Waals surface area contributed by atoms with Crippen LogP contribution >= 0.6 is 13.5 Å². The molecular formula is H2CuMnSZn. The molecule has 0 N–H and O–H groups in total. The van der Waals surface area contributed by atoms with Gasteiger partial charge >= 0.3 is 0 Å². The largest absolute Gasteiger partial charge is 0.197 e. The zero-order chi connectivity index (χ0) is 0. The van der Waals surface area contributed by atoms with Gasteiger partial charge in [-0.15, -0.1) is 0 Å². The van der Waals surface area contributed by atoms with Gasteiger partial charge in [0, 0.05) is 53.6 Å². The minimum atomic E-state index is 0. The average molecular weight is 218 g/mol. The fraction of sp³-hybridized carbons (Fsp3) is 0. The van der Waals surface area contributed by atoms with E-state index in [0.29, 0.717) is 0 Å². The van der Waals surface area contributed by atoms with Crippen LogP contribution < -0.4 is 0 Å². The first kappa shape index (κ1) is 37.3. The van der Waals surface area contributed by atoms with E-state index >= 15 is 0 Å². The summed E-state index contributed by atoms with van der Waals surface area (Å²) in [4.78, 5) is 0. The predicted molar refractivity (Wildman–Crippen MR) is 10.4 cm³/mol. The standard InChI is InChI=1S/Cu.Mn.H2S.Zn/h;;1H2;. The monoisotopic (exact) mass is 216 g/mol. The van der Waals surface area contributed by atoms with Gasteiger partial charge in [-0.05, 0) is 0 Å². The Hall–Kier alpha value is 2.01. The summed E-state index contributed by atoms with van der Waals surface area (Å²) < 4.78 is 0. The molecule has 0 amide bonds. The molecule has 0 unspecified atom stereocenters. The van der Waals surface area contributed by atoms with Crippen LogP contribution in [0.1, 0.15) is 0 Å². The Kier molecular flexibility index (Phi) is 186. The second-order valence-electron chi connectivity index (χ2n) is 0. The molecule has 2 radical (unpaired) electrons. The van der Waals surface area contributed by atoms with Crippen LogP contribution in [0.2, 0.25) is 0 Å². The van der Waals surface area contributed by atoms with E-state index < -0.39 is 0 Å².